The summed E-state index contributed by atoms with van der Waals surface area (Å²) in [6.45, 7) is 2.10. The predicted octanol–water partition coefficient (Wildman–Crippen LogP) is 1.31. The summed E-state index contributed by atoms with van der Waals surface area (Å²) in [7, 11) is -2.16. The number of sulfonamides is 1. The summed E-state index contributed by atoms with van der Waals surface area (Å²) in [4.78, 5) is 7.92. The molecule has 0 aliphatic rings. The lowest BCUT2D eigenvalue weighted by molar-refractivity contribution is 0.402. The topological polar surface area (TPSA) is 81.2 Å². The van der Waals surface area contributed by atoms with Crippen LogP contribution >= 0.6 is 0 Å². The van der Waals surface area contributed by atoms with Crippen LogP contribution in [0, 0.1) is 6.92 Å². The van der Waals surface area contributed by atoms with Gasteiger partial charge in [0.1, 0.15) is 17.0 Å². The smallest absolute Gasteiger partial charge is 0.244 e. The van der Waals surface area contributed by atoms with Crippen molar-refractivity contribution in [2.24, 2.45) is 0 Å². The van der Waals surface area contributed by atoms with Crippen LogP contribution in [0.1, 0.15) is 11.1 Å². The molecule has 21 heavy (non-hydrogen) atoms. The van der Waals surface area contributed by atoms with E-state index in [-0.39, 0.29) is 11.4 Å². The number of nitrogens with zero attached hydrogens (tertiary/aromatic N) is 2. The fourth-order valence-electron chi connectivity index (χ4n) is 1.86. The van der Waals surface area contributed by atoms with Crippen molar-refractivity contribution in [3.05, 3.63) is 48.0 Å². The number of aryl methyl sites for hydroxylation is 1. The first-order valence-electron chi connectivity index (χ1n) is 6.41. The molecular weight excluding hydrogens is 290 g/mol. The quantitative estimate of drug-likeness (QED) is 0.870. The predicted molar refractivity (Wildman–Crippen MR) is 78.7 cm³/mol. The third-order valence-corrected chi connectivity index (χ3v) is 4.41. The minimum absolute atomic E-state index is 0.148. The fourth-order valence-corrected chi connectivity index (χ4v) is 3.14. The molecule has 0 saturated heterocycles. The van der Waals surface area contributed by atoms with Crippen molar-refractivity contribution >= 4 is 10.0 Å². The van der Waals surface area contributed by atoms with E-state index in [0.717, 1.165) is 11.1 Å². The Hall–Kier alpha value is -1.99. The number of rotatable bonds is 6. The first-order valence-corrected chi connectivity index (χ1v) is 7.89. The van der Waals surface area contributed by atoms with Crippen LogP contribution in [0.3, 0.4) is 0 Å². The summed E-state index contributed by atoms with van der Waals surface area (Å²) in [5.41, 5.74) is 1.73. The maximum atomic E-state index is 12.3. The third kappa shape index (κ3) is 3.99. The highest BCUT2D eigenvalue weighted by Gasteiger charge is 2.19. The molecule has 1 aromatic heterocycles. The molecular formula is C14H17N3O3S. The normalized spacial score (nSPS) is 11.3. The summed E-state index contributed by atoms with van der Waals surface area (Å²) in [6.07, 6.45) is 5.28. The van der Waals surface area contributed by atoms with Gasteiger partial charge in [-0.3, -0.25) is 0 Å². The van der Waals surface area contributed by atoms with Crippen molar-refractivity contribution in [1.82, 2.24) is 14.7 Å². The zero-order valence-corrected chi connectivity index (χ0v) is 12.7. The van der Waals surface area contributed by atoms with E-state index in [4.69, 9.17) is 4.74 Å². The molecule has 0 aliphatic heterocycles. The van der Waals surface area contributed by atoms with Gasteiger partial charge in [-0.1, -0.05) is 6.07 Å². The van der Waals surface area contributed by atoms with Gasteiger partial charge in [0, 0.05) is 18.9 Å². The zero-order valence-electron chi connectivity index (χ0n) is 11.9. The zero-order chi connectivity index (χ0) is 15.3. The van der Waals surface area contributed by atoms with E-state index in [9.17, 15) is 8.42 Å². The molecule has 0 aliphatic carbocycles. The third-order valence-electron chi connectivity index (χ3n) is 2.93. The van der Waals surface area contributed by atoms with Crippen LogP contribution in [0.5, 0.6) is 5.75 Å². The minimum atomic E-state index is -3.61. The molecule has 1 N–H and O–H groups in total. The van der Waals surface area contributed by atoms with Gasteiger partial charge < -0.3 is 4.74 Å². The van der Waals surface area contributed by atoms with Crippen LogP contribution < -0.4 is 9.46 Å². The number of hydrogen-bond donors (Lipinski definition) is 1. The molecule has 0 radical (unpaired) electrons. The van der Waals surface area contributed by atoms with Gasteiger partial charge in [-0.25, -0.2) is 23.1 Å². The van der Waals surface area contributed by atoms with E-state index < -0.39 is 10.0 Å². The van der Waals surface area contributed by atoms with Crippen LogP contribution in [-0.2, 0) is 16.4 Å². The summed E-state index contributed by atoms with van der Waals surface area (Å²) in [5.74, 6) is 0.330. The SMILES string of the molecule is COc1ccc(C)cc1S(=O)(=O)NCCc1cncnc1. The highest BCUT2D eigenvalue weighted by molar-refractivity contribution is 7.89. The Labute approximate surface area is 124 Å². The molecule has 1 aromatic carbocycles. The maximum Gasteiger partial charge on any atom is 0.244 e. The van der Waals surface area contributed by atoms with E-state index in [1.165, 1.54) is 13.4 Å². The number of ether oxygens (including phenoxy) is 1. The fraction of sp³-hybridized carbons (Fsp3) is 0.286. The van der Waals surface area contributed by atoms with E-state index in [1.54, 1.807) is 30.6 Å². The van der Waals surface area contributed by atoms with Crippen molar-refractivity contribution in [3.63, 3.8) is 0 Å². The second kappa shape index (κ2) is 6.64. The van der Waals surface area contributed by atoms with Crippen molar-refractivity contribution < 1.29 is 13.2 Å². The van der Waals surface area contributed by atoms with Crippen molar-refractivity contribution in [3.8, 4) is 5.75 Å². The molecule has 0 fully saturated rings. The van der Waals surface area contributed by atoms with E-state index in [1.807, 2.05) is 6.92 Å². The highest BCUT2D eigenvalue weighted by atomic mass is 32.2. The molecule has 7 heteroatoms. The summed E-state index contributed by atoms with van der Waals surface area (Å²) in [5, 5.41) is 0. The Morgan fingerprint density at radius 1 is 1.24 bits per heavy atom. The van der Waals surface area contributed by atoms with Crippen LogP contribution in [0.2, 0.25) is 0 Å². The molecule has 0 bridgehead atoms. The van der Waals surface area contributed by atoms with Crippen LogP contribution in [0.15, 0.2) is 41.8 Å². The van der Waals surface area contributed by atoms with Gasteiger partial charge in [0.05, 0.1) is 7.11 Å². The summed E-state index contributed by atoms with van der Waals surface area (Å²) >= 11 is 0. The Balaban J connectivity index is 2.10. The molecule has 112 valence electrons. The Morgan fingerprint density at radius 2 is 1.95 bits per heavy atom. The minimum Gasteiger partial charge on any atom is -0.495 e. The van der Waals surface area contributed by atoms with Gasteiger partial charge in [-0.15, -0.1) is 0 Å². The largest absolute Gasteiger partial charge is 0.495 e. The maximum absolute atomic E-state index is 12.3. The molecule has 6 nitrogen and oxygen atoms in total. The lowest BCUT2D eigenvalue weighted by Gasteiger charge is -2.11. The number of hydrogen-bond acceptors (Lipinski definition) is 5. The van der Waals surface area contributed by atoms with Crippen molar-refractivity contribution in [2.75, 3.05) is 13.7 Å². The standard InChI is InChI=1S/C14H17N3O3S/c1-11-3-4-13(20-2)14(7-11)21(18,19)17-6-5-12-8-15-10-16-9-12/h3-4,7-10,17H,5-6H2,1-2H3. The Bertz CT molecular complexity index is 703. The summed E-state index contributed by atoms with van der Waals surface area (Å²) in [6, 6.07) is 5.04. The van der Waals surface area contributed by atoms with Gasteiger partial charge in [0.2, 0.25) is 10.0 Å². The average molecular weight is 307 g/mol. The molecule has 0 unspecified atom stereocenters. The number of nitrogens with one attached hydrogen (secondary N) is 1. The van der Waals surface area contributed by atoms with E-state index >= 15 is 0 Å². The monoisotopic (exact) mass is 307 g/mol. The molecule has 0 amide bonds. The molecule has 2 rings (SSSR count). The molecule has 0 spiro atoms. The molecule has 0 saturated carbocycles. The number of methoxy groups -OCH3 is 1. The second-order valence-electron chi connectivity index (χ2n) is 4.55. The van der Waals surface area contributed by atoms with E-state index in [0.29, 0.717) is 12.2 Å². The van der Waals surface area contributed by atoms with Crippen LogP contribution in [-0.4, -0.2) is 32.0 Å². The van der Waals surface area contributed by atoms with Gasteiger partial charge in [-0.05, 0) is 36.6 Å². The first kappa shape index (κ1) is 15.4. The number of aromatic nitrogens is 2. The number of benzene rings is 1. The van der Waals surface area contributed by atoms with Crippen molar-refractivity contribution in [2.45, 2.75) is 18.2 Å². The first-order chi connectivity index (χ1) is 10.0. The lowest BCUT2D eigenvalue weighted by atomic mass is 10.2. The van der Waals surface area contributed by atoms with Gasteiger partial charge in [0.15, 0.2) is 0 Å². The van der Waals surface area contributed by atoms with Gasteiger partial charge in [0.25, 0.3) is 0 Å². The summed E-state index contributed by atoms with van der Waals surface area (Å²) < 4.78 is 32.3. The lowest BCUT2D eigenvalue weighted by Crippen LogP contribution is -2.26. The van der Waals surface area contributed by atoms with Crippen molar-refractivity contribution in [1.29, 1.82) is 0 Å². The average Bonchev–Trinajstić information content (AvgIpc) is 2.48. The van der Waals surface area contributed by atoms with Crippen LogP contribution in [0.25, 0.3) is 0 Å². The molecule has 0 atom stereocenters. The second-order valence-corrected chi connectivity index (χ2v) is 6.28. The van der Waals surface area contributed by atoms with Crippen LogP contribution in [0.4, 0.5) is 0 Å². The molecule has 2 aromatic rings. The van der Waals surface area contributed by atoms with E-state index in [2.05, 4.69) is 14.7 Å². The van der Waals surface area contributed by atoms with Gasteiger partial charge >= 0.3 is 0 Å². The Kier molecular flexibility index (Phi) is 4.87. The Morgan fingerprint density at radius 3 is 2.62 bits per heavy atom. The highest BCUT2D eigenvalue weighted by Crippen LogP contribution is 2.24. The molecule has 1 heterocycles. The van der Waals surface area contributed by atoms with Gasteiger partial charge in [-0.2, -0.15) is 0 Å².